The number of piperidine rings is 1. The maximum atomic E-state index is 12.4. The van der Waals surface area contributed by atoms with E-state index in [-0.39, 0.29) is 17.2 Å². The number of aromatic nitrogens is 2. The molecule has 0 unspecified atom stereocenters. The Morgan fingerprint density at radius 2 is 1.86 bits per heavy atom. The number of likely N-dealkylation sites (tertiary alicyclic amines) is 1. The molecular weight excluding hydrogens is 266 g/mol. The number of carbonyl (C=O) groups is 2. The van der Waals surface area contributed by atoms with Crippen molar-refractivity contribution in [2.24, 2.45) is 5.41 Å². The van der Waals surface area contributed by atoms with Gasteiger partial charge in [-0.1, -0.05) is 19.3 Å². The van der Waals surface area contributed by atoms with E-state index in [2.05, 4.69) is 9.97 Å². The van der Waals surface area contributed by atoms with Gasteiger partial charge in [0.2, 0.25) is 11.8 Å². The lowest BCUT2D eigenvalue weighted by molar-refractivity contribution is -0.154. The molecule has 114 valence electrons. The highest BCUT2D eigenvalue weighted by Crippen LogP contribution is 2.45. The first-order chi connectivity index (χ1) is 10.2. The highest BCUT2D eigenvalue weighted by atomic mass is 16.2. The van der Waals surface area contributed by atoms with Crippen LogP contribution in [0.15, 0.2) is 12.4 Å². The first-order valence-electron chi connectivity index (χ1n) is 8.00. The second-order valence-corrected chi connectivity index (χ2v) is 6.49. The Balaban J connectivity index is 1.55. The minimum Gasteiger partial charge on any atom is -0.349 e. The number of nitrogens with zero attached hydrogens (tertiary/aromatic N) is 2. The normalized spacial score (nSPS) is 22.0. The number of hydrogen-bond donors (Lipinski definition) is 1. The molecule has 1 N–H and O–H groups in total. The van der Waals surface area contributed by atoms with Crippen LogP contribution in [0.4, 0.5) is 0 Å². The summed E-state index contributed by atoms with van der Waals surface area (Å²) in [5.41, 5.74) is -0.00999. The Hall–Kier alpha value is -1.65. The van der Waals surface area contributed by atoms with Crippen molar-refractivity contribution >= 4 is 11.8 Å². The van der Waals surface area contributed by atoms with Gasteiger partial charge in [-0.05, 0) is 24.7 Å². The van der Waals surface area contributed by atoms with Gasteiger partial charge in [0.25, 0.3) is 0 Å². The number of H-pyrrole nitrogens is 1. The van der Waals surface area contributed by atoms with Crippen LogP contribution in [0.1, 0.15) is 57.2 Å². The number of aryl methyl sites for hydroxylation is 1. The molecule has 0 atom stereocenters. The third-order valence-electron chi connectivity index (χ3n) is 4.92. The molecule has 2 aliphatic rings. The number of rotatable bonds is 4. The monoisotopic (exact) mass is 289 g/mol. The van der Waals surface area contributed by atoms with E-state index in [9.17, 15) is 9.59 Å². The van der Waals surface area contributed by atoms with Crippen molar-refractivity contribution in [3.8, 4) is 0 Å². The quantitative estimate of drug-likeness (QED) is 0.866. The fourth-order valence-corrected chi connectivity index (χ4v) is 3.78. The molecule has 2 amide bonds. The Morgan fingerprint density at radius 1 is 1.14 bits per heavy atom. The van der Waals surface area contributed by atoms with Gasteiger partial charge in [0, 0.05) is 38.2 Å². The van der Waals surface area contributed by atoms with Gasteiger partial charge in [-0.2, -0.15) is 0 Å². The third kappa shape index (κ3) is 3.17. The standard InChI is InChI=1S/C16H23N3O2/c20-14-11-16(6-2-1-3-7-16)12-15(21)19(14)10-4-5-13-17-8-9-18-13/h8-9H,1-7,10-12H2,(H,17,18). The summed E-state index contributed by atoms with van der Waals surface area (Å²) < 4.78 is 0. The molecule has 1 saturated heterocycles. The molecule has 0 bridgehead atoms. The van der Waals surface area contributed by atoms with E-state index in [1.165, 1.54) is 24.2 Å². The number of amides is 2. The predicted octanol–water partition coefficient (Wildman–Crippen LogP) is 2.44. The number of imidazole rings is 1. The van der Waals surface area contributed by atoms with E-state index < -0.39 is 0 Å². The molecule has 1 saturated carbocycles. The van der Waals surface area contributed by atoms with Crippen LogP contribution >= 0.6 is 0 Å². The van der Waals surface area contributed by atoms with Crippen LogP contribution in [0.25, 0.3) is 0 Å². The lowest BCUT2D eigenvalue weighted by atomic mass is 9.67. The number of carbonyl (C=O) groups excluding carboxylic acids is 2. The molecule has 0 aromatic carbocycles. The van der Waals surface area contributed by atoms with Crippen molar-refractivity contribution in [2.75, 3.05) is 6.54 Å². The molecule has 0 radical (unpaired) electrons. The van der Waals surface area contributed by atoms with Crippen LogP contribution in [-0.2, 0) is 16.0 Å². The van der Waals surface area contributed by atoms with Gasteiger partial charge < -0.3 is 4.98 Å². The van der Waals surface area contributed by atoms with Gasteiger partial charge in [-0.25, -0.2) is 4.98 Å². The van der Waals surface area contributed by atoms with Crippen LogP contribution < -0.4 is 0 Å². The fraction of sp³-hybridized carbons (Fsp3) is 0.688. The molecule has 5 heteroatoms. The number of aromatic amines is 1. The van der Waals surface area contributed by atoms with Crippen molar-refractivity contribution in [3.05, 3.63) is 18.2 Å². The smallest absolute Gasteiger partial charge is 0.229 e. The van der Waals surface area contributed by atoms with E-state index in [0.717, 1.165) is 31.5 Å². The zero-order chi connectivity index (χ0) is 14.7. The van der Waals surface area contributed by atoms with Crippen LogP contribution in [0.2, 0.25) is 0 Å². The predicted molar refractivity (Wildman–Crippen MR) is 78.4 cm³/mol. The SMILES string of the molecule is O=C1CC2(CCCCC2)CC(=O)N1CCCc1ncc[nH]1. The summed E-state index contributed by atoms with van der Waals surface area (Å²) in [7, 11) is 0. The van der Waals surface area contributed by atoms with E-state index >= 15 is 0 Å². The maximum absolute atomic E-state index is 12.4. The van der Waals surface area contributed by atoms with Crippen molar-refractivity contribution in [1.82, 2.24) is 14.9 Å². The summed E-state index contributed by atoms with van der Waals surface area (Å²) in [6.07, 6.45) is 11.9. The first-order valence-corrected chi connectivity index (χ1v) is 8.00. The molecule has 21 heavy (non-hydrogen) atoms. The summed E-state index contributed by atoms with van der Waals surface area (Å²) >= 11 is 0. The summed E-state index contributed by atoms with van der Waals surface area (Å²) in [5.74, 6) is 0.982. The summed E-state index contributed by atoms with van der Waals surface area (Å²) in [6, 6.07) is 0. The van der Waals surface area contributed by atoms with E-state index in [1.54, 1.807) is 12.4 Å². The van der Waals surface area contributed by atoms with Gasteiger partial charge in [0.1, 0.15) is 5.82 Å². The zero-order valence-corrected chi connectivity index (χ0v) is 12.4. The molecule has 2 fully saturated rings. The van der Waals surface area contributed by atoms with Crippen LogP contribution in [0.3, 0.4) is 0 Å². The molecule has 5 nitrogen and oxygen atoms in total. The number of imide groups is 1. The number of hydrogen-bond acceptors (Lipinski definition) is 3. The highest BCUT2D eigenvalue weighted by molar-refractivity contribution is 5.98. The Bertz CT molecular complexity index is 484. The highest BCUT2D eigenvalue weighted by Gasteiger charge is 2.43. The van der Waals surface area contributed by atoms with Crippen molar-refractivity contribution in [3.63, 3.8) is 0 Å². The topological polar surface area (TPSA) is 66.1 Å². The summed E-state index contributed by atoms with van der Waals surface area (Å²) in [6.45, 7) is 0.522. The Labute approximate surface area is 125 Å². The van der Waals surface area contributed by atoms with Gasteiger partial charge in [0.15, 0.2) is 0 Å². The lowest BCUT2D eigenvalue weighted by Crippen LogP contribution is -2.48. The fourth-order valence-electron chi connectivity index (χ4n) is 3.78. The van der Waals surface area contributed by atoms with Crippen molar-refractivity contribution < 1.29 is 9.59 Å². The average Bonchev–Trinajstić information content (AvgIpc) is 2.96. The van der Waals surface area contributed by atoms with Crippen molar-refractivity contribution in [1.29, 1.82) is 0 Å². The molecule has 1 aromatic rings. The molecule has 1 aromatic heterocycles. The number of nitrogens with one attached hydrogen (secondary N) is 1. The van der Waals surface area contributed by atoms with Crippen molar-refractivity contribution in [2.45, 2.75) is 57.8 Å². The van der Waals surface area contributed by atoms with Gasteiger partial charge in [-0.15, -0.1) is 0 Å². The molecule has 3 rings (SSSR count). The van der Waals surface area contributed by atoms with E-state index in [1.807, 2.05) is 0 Å². The second kappa shape index (κ2) is 6.00. The zero-order valence-electron chi connectivity index (χ0n) is 12.4. The Kier molecular flexibility index (Phi) is 4.08. The van der Waals surface area contributed by atoms with Crippen LogP contribution in [-0.4, -0.2) is 33.2 Å². The third-order valence-corrected chi connectivity index (χ3v) is 4.92. The van der Waals surface area contributed by atoms with Gasteiger partial charge in [-0.3, -0.25) is 14.5 Å². The van der Waals surface area contributed by atoms with Crippen LogP contribution in [0, 0.1) is 5.41 Å². The average molecular weight is 289 g/mol. The largest absolute Gasteiger partial charge is 0.349 e. The summed E-state index contributed by atoms with van der Waals surface area (Å²) in [5, 5.41) is 0. The Morgan fingerprint density at radius 3 is 2.48 bits per heavy atom. The minimum absolute atomic E-state index is 0.00999. The molecule has 1 aliphatic heterocycles. The van der Waals surface area contributed by atoms with Gasteiger partial charge in [0.05, 0.1) is 0 Å². The van der Waals surface area contributed by atoms with Gasteiger partial charge >= 0.3 is 0 Å². The molecule has 2 heterocycles. The lowest BCUT2D eigenvalue weighted by Gasteiger charge is -2.42. The van der Waals surface area contributed by atoms with E-state index in [0.29, 0.717) is 19.4 Å². The molecular formula is C16H23N3O2. The second-order valence-electron chi connectivity index (χ2n) is 6.49. The van der Waals surface area contributed by atoms with Crippen LogP contribution in [0.5, 0.6) is 0 Å². The first kappa shape index (κ1) is 14.3. The minimum atomic E-state index is -0.00999. The molecule has 1 aliphatic carbocycles. The molecule has 1 spiro atoms. The van der Waals surface area contributed by atoms with E-state index in [4.69, 9.17) is 0 Å². The summed E-state index contributed by atoms with van der Waals surface area (Å²) in [4.78, 5) is 33.4. The maximum Gasteiger partial charge on any atom is 0.229 e.